The van der Waals surface area contributed by atoms with Gasteiger partial charge in [0.2, 0.25) is 5.91 Å². The average Bonchev–Trinajstić information content (AvgIpc) is 2.64. The third-order valence-corrected chi connectivity index (χ3v) is 2.94. The Labute approximate surface area is 120 Å². The number of hydrazone groups is 1. The fraction of sp³-hybridized carbons (Fsp3) is 0.786. The maximum absolute atomic E-state index is 11.8. The summed E-state index contributed by atoms with van der Waals surface area (Å²) < 4.78 is 0. The number of carbonyl (C=O) groups is 2. The molecular formula is C14H25N3O3. The molecule has 0 aromatic rings. The Morgan fingerprint density at radius 1 is 1.45 bits per heavy atom. The van der Waals surface area contributed by atoms with Crippen LogP contribution in [0.15, 0.2) is 5.10 Å². The number of carbonyl (C=O) groups excluding carboxylic acids is 1. The van der Waals surface area contributed by atoms with Crippen molar-refractivity contribution in [1.82, 2.24) is 9.91 Å². The van der Waals surface area contributed by atoms with Gasteiger partial charge in [0.1, 0.15) is 0 Å². The summed E-state index contributed by atoms with van der Waals surface area (Å²) >= 11 is 0. The number of carboxylic acid groups (broad SMARTS) is 1. The van der Waals surface area contributed by atoms with Crippen molar-refractivity contribution in [3.63, 3.8) is 0 Å². The molecular weight excluding hydrogens is 258 g/mol. The van der Waals surface area contributed by atoms with Gasteiger partial charge in [0.25, 0.3) is 0 Å². The van der Waals surface area contributed by atoms with Gasteiger partial charge in [-0.15, -0.1) is 0 Å². The van der Waals surface area contributed by atoms with E-state index in [0.29, 0.717) is 18.8 Å². The summed E-state index contributed by atoms with van der Waals surface area (Å²) in [6.07, 6.45) is 1.17. The largest absolute Gasteiger partial charge is 0.465 e. The molecule has 1 rings (SSSR count). The zero-order valence-corrected chi connectivity index (χ0v) is 12.8. The summed E-state index contributed by atoms with van der Waals surface area (Å²) in [7, 11) is 0. The monoisotopic (exact) mass is 283 g/mol. The Morgan fingerprint density at radius 2 is 2.10 bits per heavy atom. The quantitative estimate of drug-likeness (QED) is 0.813. The minimum Gasteiger partial charge on any atom is -0.465 e. The van der Waals surface area contributed by atoms with Crippen LogP contribution in [0.5, 0.6) is 0 Å². The normalized spacial score (nSPS) is 15.5. The van der Waals surface area contributed by atoms with Crippen molar-refractivity contribution < 1.29 is 14.7 Å². The second kappa shape index (κ2) is 6.72. The van der Waals surface area contributed by atoms with Crippen LogP contribution in [0.3, 0.4) is 0 Å². The maximum atomic E-state index is 11.8. The minimum absolute atomic E-state index is 0.0328. The van der Waals surface area contributed by atoms with E-state index < -0.39 is 6.09 Å². The Balaban J connectivity index is 2.65. The molecule has 0 fully saturated rings. The molecule has 0 saturated carbocycles. The molecule has 2 amide bonds. The van der Waals surface area contributed by atoms with Crippen LogP contribution < -0.4 is 0 Å². The molecule has 1 aliphatic rings. The van der Waals surface area contributed by atoms with Crippen molar-refractivity contribution in [2.75, 3.05) is 19.6 Å². The SMILES string of the molecule is CCCCN1N=C(CN(CC(C)(C)C)C(=O)O)CC1=O. The lowest BCUT2D eigenvalue weighted by Gasteiger charge is -2.27. The molecule has 0 unspecified atom stereocenters. The molecule has 0 saturated heterocycles. The van der Waals surface area contributed by atoms with Gasteiger partial charge in [0, 0.05) is 13.1 Å². The van der Waals surface area contributed by atoms with Crippen LogP contribution in [0.1, 0.15) is 47.0 Å². The van der Waals surface area contributed by atoms with Crippen LogP contribution in [0, 0.1) is 5.41 Å². The molecule has 20 heavy (non-hydrogen) atoms. The number of nitrogens with zero attached hydrogens (tertiary/aromatic N) is 3. The number of amides is 2. The summed E-state index contributed by atoms with van der Waals surface area (Å²) in [6, 6.07) is 0. The highest BCUT2D eigenvalue weighted by atomic mass is 16.4. The first-order valence-corrected chi connectivity index (χ1v) is 7.07. The second-order valence-electron chi connectivity index (χ2n) is 6.41. The summed E-state index contributed by atoms with van der Waals surface area (Å²) in [6.45, 7) is 9.26. The van der Waals surface area contributed by atoms with Crippen molar-refractivity contribution in [1.29, 1.82) is 0 Å². The van der Waals surface area contributed by atoms with Gasteiger partial charge in [-0.2, -0.15) is 5.10 Å². The van der Waals surface area contributed by atoms with Crippen molar-refractivity contribution in [2.24, 2.45) is 10.5 Å². The van der Waals surface area contributed by atoms with Crippen LogP contribution in [0.25, 0.3) is 0 Å². The third-order valence-electron chi connectivity index (χ3n) is 2.94. The molecule has 0 aromatic carbocycles. The first-order chi connectivity index (χ1) is 9.23. The van der Waals surface area contributed by atoms with E-state index in [1.54, 1.807) is 0 Å². The molecule has 6 nitrogen and oxygen atoms in total. The Kier molecular flexibility index (Phi) is 5.53. The highest BCUT2D eigenvalue weighted by molar-refractivity contribution is 6.06. The molecule has 6 heteroatoms. The molecule has 1 aliphatic heterocycles. The fourth-order valence-electron chi connectivity index (χ4n) is 2.08. The first-order valence-electron chi connectivity index (χ1n) is 7.07. The molecule has 0 aromatic heterocycles. The highest BCUT2D eigenvalue weighted by Gasteiger charge is 2.27. The lowest BCUT2D eigenvalue weighted by molar-refractivity contribution is -0.128. The van der Waals surface area contributed by atoms with Crippen LogP contribution in [0.4, 0.5) is 4.79 Å². The summed E-state index contributed by atoms with van der Waals surface area (Å²) in [5, 5.41) is 15.0. The van der Waals surface area contributed by atoms with Crippen molar-refractivity contribution in [3.8, 4) is 0 Å². The van der Waals surface area contributed by atoms with Gasteiger partial charge in [0.15, 0.2) is 0 Å². The predicted octanol–water partition coefficient (Wildman–Crippen LogP) is 2.40. The zero-order chi connectivity index (χ0) is 15.3. The minimum atomic E-state index is -0.970. The van der Waals surface area contributed by atoms with E-state index in [-0.39, 0.29) is 24.3 Å². The molecule has 114 valence electrons. The Bertz CT molecular complexity index is 399. The lowest BCUT2D eigenvalue weighted by atomic mass is 9.96. The number of unbranched alkanes of at least 4 members (excludes halogenated alkanes) is 1. The van der Waals surface area contributed by atoms with Crippen LogP contribution in [-0.4, -0.2) is 52.4 Å². The first kappa shape index (κ1) is 16.5. The van der Waals surface area contributed by atoms with Crippen LogP contribution in [0.2, 0.25) is 0 Å². The summed E-state index contributed by atoms with van der Waals surface area (Å²) in [5.41, 5.74) is 0.515. The number of hydrogen-bond donors (Lipinski definition) is 1. The van der Waals surface area contributed by atoms with Gasteiger partial charge in [0.05, 0.1) is 18.7 Å². The van der Waals surface area contributed by atoms with E-state index in [0.717, 1.165) is 12.8 Å². The van der Waals surface area contributed by atoms with Crippen molar-refractivity contribution in [3.05, 3.63) is 0 Å². The van der Waals surface area contributed by atoms with Crippen LogP contribution >= 0.6 is 0 Å². The zero-order valence-electron chi connectivity index (χ0n) is 12.8. The van der Waals surface area contributed by atoms with Gasteiger partial charge in [-0.25, -0.2) is 9.80 Å². The van der Waals surface area contributed by atoms with Crippen molar-refractivity contribution in [2.45, 2.75) is 47.0 Å². The fourth-order valence-corrected chi connectivity index (χ4v) is 2.08. The summed E-state index contributed by atoms with van der Waals surface area (Å²) in [5.74, 6) is -0.0328. The average molecular weight is 283 g/mol. The summed E-state index contributed by atoms with van der Waals surface area (Å²) in [4.78, 5) is 24.4. The van der Waals surface area contributed by atoms with E-state index in [9.17, 15) is 14.7 Å². The molecule has 0 aliphatic carbocycles. The molecule has 1 heterocycles. The predicted molar refractivity (Wildman–Crippen MR) is 77.7 cm³/mol. The number of hydrogen-bond acceptors (Lipinski definition) is 3. The van der Waals surface area contributed by atoms with Gasteiger partial charge in [-0.1, -0.05) is 34.1 Å². The van der Waals surface area contributed by atoms with Crippen molar-refractivity contribution >= 4 is 17.7 Å². The third kappa shape index (κ3) is 5.19. The second-order valence-corrected chi connectivity index (χ2v) is 6.41. The van der Waals surface area contributed by atoms with Gasteiger partial charge in [-0.3, -0.25) is 4.79 Å². The Hall–Kier alpha value is -1.59. The number of rotatable bonds is 6. The van der Waals surface area contributed by atoms with Gasteiger partial charge >= 0.3 is 6.09 Å². The lowest BCUT2D eigenvalue weighted by Crippen LogP contribution is -2.40. The topological polar surface area (TPSA) is 73.2 Å². The Morgan fingerprint density at radius 3 is 2.60 bits per heavy atom. The molecule has 0 spiro atoms. The van der Waals surface area contributed by atoms with E-state index in [4.69, 9.17) is 0 Å². The molecule has 0 radical (unpaired) electrons. The molecule has 1 N–H and O–H groups in total. The smallest absolute Gasteiger partial charge is 0.407 e. The van der Waals surface area contributed by atoms with E-state index in [1.165, 1.54) is 9.91 Å². The molecule has 0 bridgehead atoms. The van der Waals surface area contributed by atoms with Crippen LogP contribution in [-0.2, 0) is 4.79 Å². The van der Waals surface area contributed by atoms with E-state index >= 15 is 0 Å². The standard InChI is InChI=1S/C14H25N3O3/c1-5-6-7-17-12(18)8-11(15-17)9-16(13(19)20)10-14(2,3)4/h5-10H2,1-4H3,(H,19,20). The van der Waals surface area contributed by atoms with Gasteiger partial charge < -0.3 is 10.0 Å². The molecule has 0 atom stereocenters. The van der Waals surface area contributed by atoms with E-state index in [1.807, 2.05) is 20.8 Å². The highest BCUT2D eigenvalue weighted by Crippen LogP contribution is 2.17. The van der Waals surface area contributed by atoms with Gasteiger partial charge in [-0.05, 0) is 11.8 Å². The maximum Gasteiger partial charge on any atom is 0.407 e. The van der Waals surface area contributed by atoms with E-state index in [2.05, 4.69) is 12.0 Å².